The first-order valence-electron chi connectivity index (χ1n) is 6.03. The summed E-state index contributed by atoms with van der Waals surface area (Å²) in [6.45, 7) is 5.91. The maximum atomic E-state index is 11.1. The summed E-state index contributed by atoms with van der Waals surface area (Å²) in [5.74, 6) is 1.96. The zero-order valence-corrected chi connectivity index (χ0v) is 9.04. The second kappa shape index (κ2) is 3.76. The Balaban J connectivity index is 1.51. The van der Waals surface area contributed by atoms with Crippen molar-refractivity contribution in [3.8, 4) is 0 Å². The van der Waals surface area contributed by atoms with Crippen LogP contribution in [0, 0.1) is 11.8 Å². The molecule has 0 aromatic rings. The van der Waals surface area contributed by atoms with E-state index in [-0.39, 0.29) is 5.91 Å². The number of hydrogen-bond acceptors (Lipinski definition) is 3. The molecule has 15 heavy (non-hydrogen) atoms. The second-order valence-electron chi connectivity index (χ2n) is 5.20. The van der Waals surface area contributed by atoms with Crippen molar-refractivity contribution in [3.63, 3.8) is 0 Å². The van der Waals surface area contributed by atoms with Gasteiger partial charge in [0.15, 0.2) is 0 Å². The molecule has 0 saturated carbocycles. The van der Waals surface area contributed by atoms with Crippen LogP contribution in [0.4, 0.5) is 0 Å². The maximum Gasteiger partial charge on any atom is 0.220 e. The zero-order chi connectivity index (χ0) is 10.3. The molecule has 3 saturated heterocycles. The van der Waals surface area contributed by atoms with Gasteiger partial charge in [0.05, 0.1) is 0 Å². The molecule has 3 aliphatic rings. The lowest BCUT2D eigenvalue weighted by Crippen LogP contribution is -2.38. The number of carbonyl (C=O) groups is 1. The summed E-state index contributed by atoms with van der Waals surface area (Å²) in [5, 5.41) is 6.50. The number of carbonyl (C=O) groups excluding carboxylic acids is 1. The number of amides is 1. The van der Waals surface area contributed by atoms with Crippen LogP contribution < -0.4 is 10.6 Å². The molecular formula is C11H19N3O. The maximum absolute atomic E-state index is 11.1. The molecule has 3 rings (SSSR count). The third kappa shape index (κ3) is 1.88. The van der Waals surface area contributed by atoms with Gasteiger partial charge in [-0.3, -0.25) is 4.79 Å². The number of nitrogens with zero attached hydrogens (tertiary/aromatic N) is 1. The van der Waals surface area contributed by atoms with Gasteiger partial charge in [0.25, 0.3) is 0 Å². The topological polar surface area (TPSA) is 44.4 Å². The minimum absolute atomic E-state index is 0.237. The molecule has 1 unspecified atom stereocenters. The average molecular weight is 209 g/mol. The zero-order valence-electron chi connectivity index (χ0n) is 9.04. The van der Waals surface area contributed by atoms with Crippen LogP contribution in [0.25, 0.3) is 0 Å². The normalized spacial score (nSPS) is 40.8. The van der Waals surface area contributed by atoms with Crippen molar-refractivity contribution in [2.45, 2.75) is 18.9 Å². The predicted molar refractivity (Wildman–Crippen MR) is 57.5 cm³/mol. The van der Waals surface area contributed by atoms with Crippen molar-refractivity contribution in [2.24, 2.45) is 11.8 Å². The summed E-state index contributed by atoms with van der Waals surface area (Å²) in [4.78, 5) is 13.6. The van der Waals surface area contributed by atoms with Gasteiger partial charge in [-0.15, -0.1) is 0 Å². The minimum Gasteiger partial charge on any atom is -0.352 e. The van der Waals surface area contributed by atoms with E-state index in [9.17, 15) is 4.79 Å². The van der Waals surface area contributed by atoms with E-state index in [1.807, 2.05) is 0 Å². The predicted octanol–water partition coefficient (Wildman–Crippen LogP) is -0.584. The van der Waals surface area contributed by atoms with Crippen LogP contribution >= 0.6 is 0 Å². The first-order chi connectivity index (χ1) is 7.31. The third-order valence-electron chi connectivity index (χ3n) is 4.03. The van der Waals surface area contributed by atoms with Gasteiger partial charge in [-0.2, -0.15) is 0 Å². The first kappa shape index (κ1) is 9.60. The SMILES string of the molecule is O=C1CCC(CN2C[C@H]3CNC[C@H]3C2)N1. The molecule has 0 aromatic heterocycles. The highest BCUT2D eigenvalue weighted by Crippen LogP contribution is 2.26. The Morgan fingerprint density at radius 2 is 2.00 bits per heavy atom. The Bertz CT molecular complexity index is 257. The molecule has 0 aliphatic carbocycles. The standard InChI is InChI=1S/C11H19N3O/c15-11-2-1-10(13-11)7-14-5-8-3-12-4-9(8)6-14/h8-10,12H,1-7H2,(H,13,15)/t8-,9+,10?. The fourth-order valence-corrected chi connectivity index (χ4v) is 3.23. The molecule has 4 nitrogen and oxygen atoms in total. The quantitative estimate of drug-likeness (QED) is 0.639. The summed E-state index contributed by atoms with van der Waals surface area (Å²) < 4.78 is 0. The van der Waals surface area contributed by atoms with Gasteiger partial charge in [-0.25, -0.2) is 0 Å². The lowest BCUT2D eigenvalue weighted by molar-refractivity contribution is -0.119. The number of hydrogen-bond donors (Lipinski definition) is 2. The van der Waals surface area contributed by atoms with E-state index in [0.29, 0.717) is 6.04 Å². The summed E-state index contributed by atoms with van der Waals surface area (Å²) >= 11 is 0. The number of likely N-dealkylation sites (tertiary alicyclic amines) is 1. The van der Waals surface area contributed by atoms with Crippen molar-refractivity contribution in [1.82, 2.24) is 15.5 Å². The summed E-state index contributed by atoms with van der Waals surface area (Å²) in [6.07, 6.45) is 1.76. The molecule has 0 spiro atoms. The van der Waals surface area contributed by atoms with Crippen molar-refractivity contribution < 1.29 is 4.79 Å². The van der Waals surface area contributed by atoms with Crippen LogP contribution in [0.5, 0.6) is 0 Å². The number of rotatable bonds is 2. The van der Waals surface area contributed by atoms with E-state index < -0.39 is 0 Å². The number of fused-ring (bicyclic) bond motifs is 1. The highest BCUT2D eigenvalue weighted by molar-refractivity contribution is 5.78. The van der Waals surface area contributed by atoms with E-state index in [1.54, 1.807) is 0 Å². The smallest absolute Gasteiger partial charge is 0.220 e. The Morgan fingerprint density at radius 3 is 2.60 bits per heavy atom. The fraction of sp³-hybridized carbons (Fsp3) is 0.909. The molecule has 3 heterocycles. The largest absolute Gasteiger partial charge is 0.352 e. The molecule has 0 aromatic carbocycles. The fourth-order valence-electron chi connectivity index (χ4n) is 3.23. The van der Waals surface area contributed by atoms with E-state index in [4.69, 9.17) is 0 Å². The first-order valence-corrected chi connectivity index (χ1v) is 6.03. The molecule has 4 heteroatoms. The highest BCUT2D eigenvalue weighted by Gasteiger charge is 2.37. The van der Waals surface area contributed by atoms with Gasteiger partial charge in [0, 0.05) is 32.1 Å². The lowest BCUT2D eigenvalue weighted by Gasteiger charge is -2.21. The molecule has 3 atom stereocenters. The van der Waals surface area contributed by atoms with E-state index in [0.717, 1.165) is 31.2 Å². The third-order valence-corrected chi connectivity index (χ3v) is 4.03. The van der Waals surface area contributed by atoms with Gasteiger partial charge >= 0.3 is 0 Å². The molecule has 0 bridgehead atoms. The van der Waals surface area contributed by atoms with Crippen LogP contribution in [0.2, 0.25) is 0 Å². The molecular weight excluding hydrogens is 190 g/mol. The van der Waals surface area contributed by atoms with Gasteiger partial charge in [-0.1, -0.05) is 0 Å². The van der Waals surface area contributed by atoms with Crippen molar-refractivity contribution in [2.75, 3.05) is 32.7 Å². The van der Waals surface area contributed by atoms with Gasteiger partial charge in [0.1, 0.15) is 0 Å². The van der Waals surface area contributed by atoms with Crippen LogP contribution in [-0.4, -0.2) is 49.6 Å². The Labute approximate surface area is 90.4 Å². The van der Waals surface area contributed by atoms with Crippen molar-refractivity contribution >= 4 is 5.91 Å². The average Bonchev–Trinajstić information content (AvgIpc) is 2.81. The molecule has 0 radical (unpaired) electrons. The van der Waals surface area contributed by atoms with Crippen LogP contribution in [-0.2, 0) is 4.79 Å². The Morgan fingerprint density at radius 1 is 1.27 bits per heavy atom. The summed E-state index contributed by atoms with van der Waals surface area (Å²) in [6, 6.07) is 0.421. The summed E-state index contributed by atoms with van der Waals surface area (Å²) in [7, 11) is 0. The molecule has 3 fully saturated rings. The van der Waals surface area contributed by atoms with Crippen molar-refractivity contribution in [1.29, 1.82) is 0 Å². The van der Waals surface area contributed by atoms with Gasteiger partial charge in [0.2, 0.25) is 5.91 Å². The Hall–Kier alpha value is -0.610. The molecule has 3 aliphatic heterocycles. The lowest BCUT2D eigenvalue weighted by atomic mass is 10.0. The van der Waals surface area contributed by atoms with E-state index >= 15 is 0 Å². The minimum atomic E-state index is 0.237. The molecule has 84 valence electrons. The molecule has 2 N–H and O–H groups in total. The molecule has 1 amide bonds. The highest BCUT2D eigenvalue weighted by atomic mass is 16.1. The van der Waals surface area contributed by atoms with Crippen LogP contribution in [0.1, 0.15) is 12.8 Å². The second-order valence-corrected chi connectivity index (χ2v) is 5.20. The van der Waals surface area contributed by atoms with E-state index in [1.165, 1.54) is 26.2 Å². The van der Waals surface area contributed by atoms with Crippen LogP contribution in [0.15, 0.2) is 0 Å². The van der Waals surface area contributed by atoms with E-state index in [2.05, 4.69) is 15.5 Å². The Kier molecular flexibility index (Phi) is 2.41. The summed E-state index contributed by atoms with van der Waals surface area (Å²) in [5.41, 5.74) is 0. The van der Waals surface area contributed by atoms with Gasteiger partial charge < -0.3 is 15.5 Å². The van der Waals surface area contributed by atoms with Gasteiger partial charge in [-0.05, 0) is 31.3 Å². The van der Waals surface area contributed by atoms with Crippen molar-refractivity contribution in [3.05, 3.63) is 0 Å². The monoisotopic (exact) mass is 209 g/mol. The van der Waals surface area contributed by atoms with Crippen LogP contribution in [0.3, 0.4) is 0 Å². The number of nitrogens with one attached hydrogen (secondary N) is 2.